The normalized spacial score (nSPS) is 10.5. The second-order valence-corrected chi connectivity index (χ2v) is 3.59. The summed E-state index contributed by atoms with van der Waals surface area (Å²) in [7, 11) is 0. The van der Waals surface area contributed by atoms with Crippen molar-refractivity contribution in [2.45, 2.75) is 6.42 Å². The SMILES string of the molecule is NCCc1csc(-n2cccc2)n1. The zero-order chi connectivity index (χ0) is 9.10. The first-order valence-corrected chi connectivity index (χ1v) is 5.06. The summed E-state index contributed by atoms with van der Waals surface area (Å²) in [5.74, 6) is 0. The molecule has 2 heterocycles. The molecule has 0 spiro atoms. The van der Waals surface area contributed by atoms with Crippen molar-refractivity contribution in [3.63, 3.8) is 0 Å². The third-order valence-electron chi connectivity index (χ3n) is 1.77. The second-order valence-electron chi connectivity index (χ2n) is 2.75. The quantitative estimate of drug-likeness (QED) is 0.801. The number of thiazole rings is 1. The van der Waals surface area contributed by atoms with E-state index in [-0.39, 0.29) is 0 Å². The van der Waals surface area contributed by atoms with E-state index in [0.29, 0.717) is 6.54 Å². The van der Waals surface area contributed by atoms with E-state index in [0.717, 1.165) is 17.2 Å². The Hall–Kier alpha value is -1.13. The Labute approximate surface area is 80.8 Å². The Morgan fingerprint density at radius 2 is 2.15 bits per heavy atom. The van der Waals surface area contributed by atoms with Crippen LogP contribution in [0.2, 0.25) is 0 Å². The maximum atomic E-state index is 5.45. The summed E-state index contributed by atoms with van der Waals surface area (Å²) in [6, 6.07) is 3.98. The van der Waals surface area contributed by atoms with Gasteiger partial charge in [-0.25, -0.2) is 4.98 Å². The molecule has 0 bridgehead atoms. The Balaban J connectivity index is 2.23. The first-order valence-electron chi connectivity index (χ1n) is 4.18. The summed E-state index contributed by atoms with van der Waals surface area (Å²) in [6.07, 6.45) is 4.84. The van der Waals surface area contributed by atoms with Gasteiger partial charge in [0.25, 0.3) is 0 Å². The van der Waals surface area contributed by atoms with Gasteiger partial charge in [-0.05, 0) is 18.7 Å². The summed E-state index contributed by atoms with van der Waals surface area (Å²) in [4.78, 5) is 4.44. The van der Waals surface area contributed by atoms with Crippen molar-refractivity contribution in [2.75, 3.05) is 6.54 Å². The average molecular weight is 193 g/mol. The molecule has 2 N–H and O–H groups in total. The largest absolute Gasteiger partial charge is 0.330 e. The Bertz CT molecular complexity index is 364. The molecule has 13 heavy (non-hydrogen) atoms. The molecular weight excluding hydrogens is 182 g/mol. The highest BCUT2D eigenvalue weighted by molar-refractivity contribution is 7.12. The van der Waals surface area contributed by atoms with Crippen LogP contribution in [0, 0.1) is 0 Å². The van der Waals surface area contributed by atoms with E-state index >= 15 is 0 Å². The minimum Gasteiger partial charge on any atom is -0.330 e. The monoisotopic (exact) mass is 193 g/mol. The highest BCUT2D eigenvalue weighted by Crippen LogP contribution is 2.14. The van der Waals surface area contributed by atoms with Gasteiger partial charge in [-0.3, -0.25) is 0 Å². The van der Waals surface area contributed by atoms with Crippen molar-refractivity contribution in [2.24, 2.45) is 5.73 Å². The fourth-order valence-electron chi connectivity index (χ4n) is 1.14. The molecule has 0 aromatic carbocycles. The van der Waals surface area contributed by atoms with E-state index in [1.807, 2.05) is 29.1 Å². The van der Waals surface area contributed by atoms with E-state index in [1.165, 1.54) is 0 Å². The summed E-state index contributed by atoms with van der Waals surface area (Å²) < 4.78 is 2.00. The molecule has 0 atom stereocenters. The van der Waals surface area contributed by atoms with Crippen LogP contribution in [0.5, 0.6) is 0 Å². The van der Waals surface area contributed by atoms with Gasteiger partial charge >= 0.3 is 0 Å². The molecule has 0 saturated heterocycles. The highest BCUT2D eigenvalue weighted by Gasteiger charge is 2.01. The summed E-state index contributed by atoms with van der Waals surface area (Å²) >= 11 is 1.64. The molecule has 0 fully saturated rings. The topological polar surface area (TPSA) is 43.8 Å². The smallest absolute Gasteiger partial charge is 0.193 e. The van der Waals surface area contributed by atoms with Crippen LogP contribution in [-0.4, -0.2) is 16.1 Å². The van der Waals surface area contributed by atoms with Crippen LogP contribution in [0.25, 0.3) is 5.13 Å². The van der Waals surface area contributed by atoms with Gasteiger partial charge in [-0.2, -0.15) is 0 Å². The van der Waals surface area contributed by atoms with E-state index in [1.54, 1.807) is 11.3 Å². The maximum Gasteiger partial charge on any atom is 0.193 e. The maximum absolute atomic E-state index is 5.45. The van der Waals surface area contributed by atoms with Crippen LogP contribution in [0.3, 0.4) is 0 Å². The summed E-state index contributed by atoms with van der Waals surface area (Å²) in [5, 5.41) is 3.07. The number of hydrogen-bond acceptors (Lipinski definition) is 3. The van der Waals surface area contributed by atoms with Gasteiger partial charge in [0.05, 0.1) is 5.69 Å². The predicted octanol–water partition coefficient (Wildman–Crippen LogP) is 1.43. The molecule has 0 saturated carbocycles. The van der Waals surface area contributed by atoms with Crippen LogP contribution in [0.4, 0.5) is 0 Å². The minimum atomic E-state index is 0.662. The number of rotatable bonds is 3. The third kappa shape index (κ3) is 1.79. The lowest BCUT2D eigenvalue weighted by atomic mass is 10.3. The van der Waals surface area contributed by atoms with Crippen molar-refractivity contribution in [3.05, 3.63) is 35.6 Å². The predicted molar refractivity (Wildman–Crippen MR) is 54.2 cm³/mol. The standard InChI is InChI=1S/C9H11N3S/c10-4-3-8-7-13-9(11-8)12-5-1-2-6-12/h1-2,5-7H,3-4,10H2. The number of nitrogens with two attached hydrogens (primary N) is 1. The first kappa shape index (κ1) is 8.47. The molecular formula is C9H11N3S. The minimum absolute atomic E-state index is 0.662. The third-order valence-corrected chi connectivity index (χ3v) is 2.67. The van der Waals surface area contributed by atoms with Crippen molar-refractivity contribution in [1.82, 2.24) is 9.55 Å². The molecule has 3 nitrogen and oxygen atoms in total. The molecule has 0 radical (unpaired) electrons. The summed E-state index contributed by atoms with van der Waals surface area (Å²) in [6.45, 7) is 0.662. The molecule has 0 aliphatic rings. The molecule has 68 valence electrons. The van der Waals surface area contributed by atoms with Crippen molar-refractivity contribution >= 4 is 11.3 Å². The highest BCUT2D eigenvalue weighted by atomic mass is 32.1. The Morgan fingerprint density at radius 1 is 1.38 bits per heavy atom. The lowest BCUT2D eigenvalue weighted by Crippen LogP contribution is -2.03. The van der Waals surface area contributed by atoms with E-state index in [4.69, 9.17) is 5.73 Å². The van der Waals surface area contributed by atoms with Gasteiger partial charge in [0.15, 0.2) is 5.13 Å². The van der Waals surface area contributed by atoms with Crippen LogP contribution in [0.1, 0.15) is 5.69 Å². The van der Waals surface area contributed by atoms with Gasteiger partial charge in [-0.1, -0.05) is 0 Å². The summed E-state index contributed by atoms with van der Waals surface area (Å²) in [5.41, 5.74) is 6.53. The molecule has 0 unspecified atom stereocenters. The van der Waals surface area contributed by atoms with E-state index in [2.05, 4.69) is 10.4 Å². The van der Waals surface area contributed by atoms with Crippen molar-refractivity contribution in [3.8, 4) is 5.13 Å². The fourth-order valence-corrected chi connectivity index (χ4v) is 1.97. The molecule has 2 aromatic rings. The van der Waals surface area contributed by atoms with Crippen LogP contribution < -0.4 is 5.73 Å². The van der Waals surface area contributed by atoms with Gasteiger partial charge < -0.3 is 10.3 Å². The molecule has 0 aliphatic heterocycles. The molecule has 4 heteroatoms. The molecule has 2 rings (SSSR count). The molecule has 0 aliphatic carbocycles. The number of nitrogens with zero attached hydrogens (tertiary/aromatic N) is 2. The van der Waals surface area contributed by atoms with E-state index < -0.39 is 0 Å². The van der Waals surface area contributed by atoms with Crippen molar-refractivity contribution in [1.29, 1.82) is 0 Å². The zero-order valence-electron chi connectivity index (χ0n) is 7.18. The fraction of sp³-hybridized carbons (Fsp3) is 0.222. The number of hydrogen-bond donors (Lipinski definition) is 1. The Morgan fingerprint density at radius 3 is 2.85 bits per heavy atom. The van der Waals surface area contributed by atoms with E-state index in [9.17, 15) is 0 Å². The lowest BCUT2D eigenvalue weighted by Gasteiger charge is -1.94. The lowest BCUT2D eigenvalue weighted by molar-refractivity contribution is 0.918. The van der Waals surface area contributed by atoms with Crippen LogP contribution >= 0.6 is 11.3 Å². The van der Waals surface area contributed by atoms with Crippen molar-refractivity contribution < 1.29 is 0 Å². The first-order chi connectivity index (χ1) is 6.40. The van der Waals surface area contributed by atoms with Gasteiger partial charge in [0.2, 0.25) is 0 Å². The molecule has 2 aromatic heterocycles. The Kier molecular flexibility index (Phi) is 2.42. The average Bonchev–Trinajstić information content (AvgIpc) is 2.70. The zero-order valence-corrected chi connectivity index (χ0v) is 8.00. The van der Waals surface area contributed by atoms with Gasteiger partial charge in [0, 0.05) is 24.2 Å². The van der Waals surface area contributed by atoms with Gasteiger partial charge in [0.1, 0.15) is 0 Å². The molecule has 0 amide bonds. The number of aromatic nitrogens is 2. The van der Waals surface area contributed by atoms with Crippen LogP contribution in [0.15, 0.2) is 29.9 Å². The van der Waals surface area contributed by atoms with Crippen LogP contribution in [-0.2, 0) is 6.42 Å². The second kappa shape index (κ2) is 3.72. The van der Waals surface area contributed by atoms with Gasteiger partial charge in [-0.15, -0.1) is 11.3 Å².